The van der Waals surface area contributed by atoms with Gasteiger partial charge < -0.3 is 19.4 Å². The van der Waals surface area contributed by atoms with Gasteiger partial charge in [0.15, 0.2) is 11.5 Å². The SMILES string of the molecule is CCCCNC(=O)NSC1CCC2(c3ccc(OC)c(OC)c3)CCN(Cc3cccn3C)C2C1. The largest absolute Gasteiger partial charge is 0.493 e. The third-order valence-electron chi connectivity index (χ3n) is 7.83. The maximum Gasteiger partial charge on any atom is 0.324 e. The molecule has 7 nitrogen and oxygen atoms in total. The molecule has 0 radical (unpaired) electrons. The zero-order valence-electron chi connectivity index (χ0n) is 21.5. The first-order valence-electron chi connectivity index (χ1n) is 12.8. The molecule has 1 aliphatic heterocycles. The molecule has 2 N–H and O–H groups in total. The predicted molar refractivity (Wildman–Crippen MR) is 142 cm³/mol. The molecule has 3 atom stereocenters. The summed E-state index contributed by atoms with van der Waals surface area (Å²) in [6.07, 6.45) is 8.53. The van der Waals surface area contributed by atoms with Crippen molar-refractivity contribution >= 4 is 18.0 Å². The van der Waals surface area contributed by atoms with E-state index in [0.29, 0.717) is 11.3 Å². The highest BCUT2D eigenvalue weighted by atomic mass is 32.2. The van der Waals surface area contributed by atoms with Crippen LogP contribution in [0.25, 0.3) is 0 Å². The molecule has 1 saturated heterocycles. The van der Waals surface area contributed by atoms with Crippen molar-refractivity contribution in [1.82, 2.24) is 19.5 Å². The van der Waals surface area contributed by atoms with Crippen LogP contribution in [0.1, 0.15) is 56.7 Å². The van der Waals surface area contributed by atoms with E-state index in [9.17, 15) is 4.79 Å². The molecule has 0 spiro atoms. The maximum absolute atomic E-state index is 12.2. The number of hydrogen-bond acceptors (Lipinski definition) is 5. The molecule has 3 unspecified atom stereocenters. The smallest absolute Gasteiger partial charge is 0.324 e. The standard InChI is InChI=1S/C27H40N4O3S/c1-5-6-14-28-26(32)29-35-22-11-12-27(20-9-10-23(33-3)24(17-20)34-4)13-16-31(25(27)18-22)19-21-8-7-15-30(21)2/h7-10,15,17,22,25H,5-6,11-14,16,18-19H2,1-4H3,(H2,28,29,32). The van der Waals surface area contributed by atoms with Gasteiger partial charge in [-0.25, -0.2) is 4.79 Å². The van der Waals surface area contributed by atoms with Crippen molar-refractivity contribution in [2.24, 2.45) is 7.05 Å². The van der Waals surface area contributed by atoms with Crippen LogP contribution < -0.4 is 19.5 Å². The van der Waals surface area contributed by atoms with Gasteiger partial charge >= 0.3 is 6.03 Å². The molecular formula is C27H40N4O3S. The number of benzene rings is 1. The third kappa shape index (κ3) is 5.59. The first kappa shape index (κ1) is 25.8. The topological polar surface area (TPSA) is 67.8 Å². The summed E-state index contributed by atoms with van der Waals surface area (Å²) in [4.78, 5) is 14.9. The van der Waals surface area contributed by atoms with Gasteiger partial charge in [-0.1, -0.05) is 19.4 Å². The van der Waals surface area contributed by atoms with Crippen molar-refractivity contribution in [3.8, 4) is 11.5 Å². The van der Waals surface area contributed by atoms with Gasteiger partial charge in [0.25, 0.3) is 0 Å². The summed E-state index contributed by atoms with van der Waals surface area (Å²) >= 11 is 1.59. The molecule has 1 aromatic carbocycles. The van der Waals surface area contributed by atoms with E-state index >= 15 is 0 Å². The lowest BCUT2D eigenvalue weighted by molar-refractivity contribution is 0.151. The fraction of sp³-hybridized carbons (Fsp3) is 0.593. The molecule has 1 aromatic heterocycles. The number of fused-ring (bicyclic) bond motifs is 1. The second-order valence-electron chi connectivity index (χ2n) is 9.80. The Morgan fingerprint density at radius 1 is 1.20 bits per heavy atom. The van der Waals surface area contributed by atoms with Crippen molar-refractivity contribution in [3.05, 3.63) is 47.8 Å². The van der Waals surface area contributed by atoms with Gasteiger partial charge in [-0.05, 0) is 80.4 Å². The normalized spacial score (nSPS) is 24.1. The van der Waals surface area contributed by atoms with E-state index in [1.165, 1.54) is 11.3 Å². The number of aromatic nitrogens is 1. The predicted octanol–water partition coefficient (Wildman–Crippen LogP) is 4.85. The monoisotopic (exact) mass is 500 g/mol. The quantitative estimate of drug-likeness (QED) is 0.360. The van der Waals surface area contributed by atoms with Crippen LogP contribution in [0.4, 0.5) is 4.79 Å². The third-order valence-corrected chi connectivity index (χ3v) is 8.90. The van der Waals surface area contributed by atoms with E-state index < -0.39 is 0 Å². The van der Waals surface area contributed by atoms with Gasteiger partial charge in [-0.2, -0.15) is 0 Å². The molecule has 2 fully saturated rings. The number of ether oxygens (including phenoxy) is 2. The lowest BCUT2D eigenvalue weighted by Crippen LogP contribution is -2.48. The first-order valence-corrected chi connectivity index (χ1v) is 13.6. The molecule has 2 amide bonds. The number of hydrogen-bond donors (Lipinski definition) is 2. The van der Waals surface area contributed by atoms with Gasteiger partial charge in [0, 0.05) is 48.7 Å². The summed E-state index contributed by atoms with van der Waals surface area (Å²) in [6.45, 7) is 4.85. The molecule has 8 heteroatoms. The van der Waals surface area contributed by atoms with E-state index in [1.807, 2.05) is 6.07 Å². The summed E-state index contributed by atoms with van der Waals surface area (Å²) in [7, 11) is 5.51. The summed E-state index contributed by atoms with van der Waals surface area (Å²) in [5, 5.41) is 3.35. The number of likely N-dealkylation sites (tertiary alicyclic amines) is 1. The van der Waals surface area contributed by atoms with Crippen molar-refractivity contribution in [1.29, 1.82) is 0 Å². The van der Waals surface area contributed by atoms with Crippen LogP contribution in [-0.4, -0.2) is 54.1 Å². The zero-order valence-corrected chi connectivity index (χ0v) is 22.3. The molecule has 2 heterocycles. The van der Waals surface area contributed by atoms with Crippen LogP contribution in [0.15, 0.2) is 36.5 Å². The minimum atomic E-state index is -0.0766. The van der Waals surface area contributed by atoms with Crippen LogP contribution in [0.5, 0.6) is 11.5 Å². The summed E-state index contributed by atoms with van der Waals surface area (Å²) in [5.74, 6) is 1.56. The molecule has 2 aliphatic rings. The Bertz CT molecular complexity index is 997. The number of unbranched alkanes of at least 4 members (excludes halogenated alkanes) is 1. The number of methoxy groups -OCH3 is 2. The maximum atomic E-state index is 12.2. The Balaban J connectivity index is 1.53. The molecule has 2 aromatic rings. The van der Waals surface area contributed by atoms with E-state index in [-0.39, 0.29) is 11.4 Å². The first-order chi connectivity index (χ1) is 17.0. The Hall–Kier alpha value is -2.32. The lowest BCUT2D eigenvalue weighted by Gasteiger charge is -2.45. The van der Waals surface area contributed by atoms with E-state index in [2.05, 4.69) is 63.9 Å². The Kier molecular flexibility index (Phi) is 8.55. The highest BCUT2D eigenvalue weighted by Crippen LogP contribution is 2.52. The minimum Gasteiger partial charge on any atom is -0.493 e. The second kappa shape index (κ2) is 11.6. The van der Waals surface area contributed by atoms with Crippen LogP contribution in [0, 0.1) is 0 Å². The molecule has 4 rings (SSSR count). The fourth-order valence-electron chi connectivity index (χ4n) is 5.81. The lowest BCUT2D eigenvalue weighted by atomic mass is 9.66. The number of nitrogens with one attached hydrogen (secondary N) is 2. The van der Waals surface area contributed by atoms with Crippen LogP contribution >= 0.6 is 11.9 Å². The second-order valence-corrected chi connectivity index (χ2v) is 10.9. The number of aryl methyl sites for hydroxylation is 1. The molecule has 35 heavy (non-hydrogen) atoms. The summed E-state index contributed by atoms with van der Waals surface area (Å²) in [5.41, 5.74) is 2.74. The highest BCUT2D eigenvalue weighted by molar-refractivity contribution is 7.98. The molecule has 192 valence electrons. The van der Waals surface area contributed by atoms with E-state index in [4.69, 9.17) is 9.47 Å². The molecule has 1 saturated carbocycles. The van der Waals surface area contributed by atoms with Gasteiger partial charge in [0.05, 0.1) is 14.2 Å². The Morgan fingerprint density at radius 3 is 2.74 bits per heavy atom. The average molecular weight is 501 g/mol. The molecule has 1 aliphatic carbocycles. The van der Waals surface area contributed by atoms with Crippen molar-refractivity contribution in [2.45, 2.75) is 68.7 Å². The van der Waals surface area contributed by atoms with Crippen molar-refractivity contribution in [2.75, 3.05) is 27.3 Å². The number of nitrogens with zero attached hydrogens (tertiary/aromatic N) is 2. The van der Waals surface area contributed by atoms with Crippen LogP contribution in [0.2, 0.25) is 0 Å². The Morgan fingerprint density at radius 2 is 2.03 bits per heavy atom. The van der Waals surface area contributed by atoms with E-state index in [1.54, 1.807) is 26.2 Å². The van der Waals surface area contributed by atoms with Crippen LogP contribution in [0.3, 0.4) is 0 Å². The number of amides is 2. The average Bonchev–Trinajstić information content (AvgIpc) is 3.46. The number of rotatable bonds is 10. The number of urea groups is 1. The van der Waals surface area contributed by atoms with Crippen molar-refractivity contribution in [3.63, 3.8) is 0 Å². The fourth-order valence-corrected chi connectivity index (χ4v) is 6.67. The van der Waals surface area contributed by atoms with Gasteiger partial charge in [0.1, 0.15) is 0 Å². The zero-order chi connectivity index (χ0) is 24.8. The summed E-state index contributed by atoms with van der Waals surface area (Å²) < 4.78 is 16.4. The van der Waals surface area contributed by atoms with Gasteiger partial charge in [-0.15, -0.1) is 0 Å². The Labute approximate surface area is 214 Å². The number of carbonyl (C=O) groups is 1. The summed E-state index contributed by atoms with van der Waals surface area (Å²) in [6, 6.07) is 11.1. The highest BCUT2D eigenvalue weighted by Gasteiger charge is 2.51. The van der Waals surface area contributed by atoms with E-state index in [0.717, 1.165) is 69.7 Å². The number of carbonyl (C=O) groups excluding carboxylic acids is 1. The van der Waals surface area contributed by atoms with Crippen LogP contribution in [-0.2, 0) is 19.0 Å². The molecular weight excluding hydrogens is 460 g/mol. The van der Waals surface area contributed by atoms with Gasteiger partial charge in [0.2, 0.25) is 0 Å². The van der Waals surface area contributed by atoms with Gasteiger partial charge in [-0.3, -0.25) is 9.62 Å². The minimum absolute atomic E-state index is 0.0746. The van der Waals surface area contributed by atoms with Crippen molar-refractivity contribution < 1.29 is 14.3 Å². The molecule has 0 bridgehead atoms.